The van der Waals surface area contributed by atoms with Crippen LogP contribution in [0, 0.1) is 19.3 Å². The molecule has 220 valence electrons. The number of hydrogen-bond acceptors (Lipinski definition) is 9. The number of carboxylic acid groups (broad SMARTS) is 1. The van der Waals surface area contributed by atoms with Gasteiger partial charge in [0.2, 0.25) is 0 Å². The van der Waals surface area contributed by atoms with Gasteiger partial charge in [-0.25, -0.2) is 4.68 Å². The van der Waals surface area contributed by atoms with Gasteiger partial charge in [-0.15, -0.1) is 27.2 Å². The van der Waals surface area contributed by atoms with Crippen LogP contribution in [0.5, 0.6) is 5.75 Å². The molecular weight excluding hydrogens is 562 g/mol. The van der Waals surface area contributed by atoms with Gasteiger partial charge in [-0.3, -0.25) is 18.9 Å². The molecule has 2 atom stereocenters. The average molecular weight is 600 g/mol. The third-order valence-electron chi connectivity index (χ3n) is 8.09. The first-order chi connectivity index (χ1) is 19.4. The van der Waals surface area contributed by atoms with E-state index >= 15 is 0 Å². The van der Waals surface area contributed by atoms with Crippen molar-refractivity contribution in [3.05, 3.63) is 63.1 Å². The Balaban J connectivity index is 1.58. The number of carboxylic acids is 1. The van der Waals surface area contributed by atoms with Crippen LogP contribution in [-0.2, 0) is 17.9 Å². The second-order valence-electron chi connectivity index (χ2n) is 11.1. The highest BCUT2D eigenvalue weighted by Crippen LogP contribution is 2.57. The summed E-state index contributed by atoms with van der Waals surface area (Å²) in [6.07, 6.45) is 3.51. The smallest absolute Gasteiger partial charge is 0.310 e. The number of thiophene rings is 1. The molecule has 0 amide bonds. The van der Waals surface area contributed by atoms with E-state index in [4.69, 9.17) is 4.74 Å². The fourth-order valence-electron chi connectivity index (χ4n) is 5.51. The van der Waals surface area contributed by atoms with E-state index in [-0.39, 0.29) is 17.5 Å². The van der Waals surface area contributed by atoms with E-state index in [9.17, 15) is 19.0 Å². The second kappa shape index (κ2) is 11.0. The highest BCUT2D eigenvalue weighted by Gasteiger charge is 2.42. The van der Waals surface area contributed by atoms with Crippen molar-refractivity contribution in [3.63, 3.8) is 0 Å². The summed E-state index contributed by atoms with van der Waals surface area (Å²) < 4.78 is 32.5. The number of fused-ring (bicyclic) bond motifs is 2. The highest BCUT2D eigenvalue weighted by atomic mass is 32.3. The van der Waals surface area contributed by atoms with Gasteiger partial charge in [0.25, 0.3) is 0 Å². The number of rotatable bonds is 8. The van der Waals surface area contributed by atoms with Crippen molar-refractivity contribution in [1.82, 2.24) is 24.3 Å². The maximum Gasteiger partial charge on any atom is 0.310 e. The summed E-state index contributed by atoms with van der Waals surface area (Å²) in [4.78, 5) is 18.9. The predicted molar refractivity (Wildman–Crippen MR) is 161 cm³/mol. The monoisotopic (exact) mass is 599 g/mol. The van der Waals surface area contributed by atoms with E-state index in [1.165, 1.54) is 6.20 Å². The van der Waals surface area contributed by atoms with Crippen molar-refractivity contribution in [3.8, 4) is 5.75 Å². The van der Waals surface area contributed by atoms with E-state index in [2.05, 4.69) is 15.3 Å². The zero-order chi connectivity index (χ0) is 29.7. The van der Waals surface area contributed by atoms with E-state index in [1.807, 2.05) is 50.6 Å². The molecule has 41 heavy (non-hydrogen) atoms. The molecule has 1 unspecified atom stereocenters. The Bertz CT molecular complexity index is 1600. The van der Waals surface area contributed by atoms with Gasteiger partial charge in [-0.2, -0.15) is 4.31 Å². The standard InChI is InChI=1S/C29H37N5O5S2/c1-7-20-16-33(41(37,38)25-14-30-12-11-23(25)39-20)15-19-13-24(40-18(19)4)26(29(5,6)28(35)36)21-9-10-22-27(17(21)3)31-32-34(22)8-2/h9-14,20,26,37-38H,7-8,15-16H2,1-6H3,(H,35,36)/t20-,26?/m1/s1. The largest absolute Gasteiger partial charge is 0.487 e. The van der Waals surface area contributed by atoms with Crippen molar-refractivity contribution in [2.24, 2.45) is 5.41 Å². The summed E-state index contributed by atoms with van der Waals surface area (Å²) in [6, 6.07) is 7.65. The van der Waals surface area contributed by atoms with Crippen LogP contribution in [0.15, 0.2) is 41.6 Å². The number of ether oxygens (including phenoxy) is 1. The summed E-state index contributed by atoms with van der Waals surface area (Å²) in [5.41, 5.74) is 3.25. The van der Waals surface area contributed by atoms with Crippen molar-refractivity contribution >= 4 is 39.1 Å². The molecular formula is C29H37N5O5S2. The molecule has 1 aliphatic heterocycles. The summed E-state index contributed by atoms with van der Waals surface area (Å²) in [5, 5.41) is 19.0. The molecule has 4 aromatic rings. The molecule has 1 aliphatic rings. The van der Waals surface area contributed by atoms with Crippen LogP contribution in [0.2, 0.25) is 0 Å². The highest BCUT2D eigenvalue weighted by molar-refractivity contribution is 8.22. The van der Waals surface area contributed by atoms with Crippen molar-refractivity contribution in [2.45, 2.75) is 78.0 Å². The second-order valence-corrected chi connectivity index (χ2v) is 14.3. The van der Waals surface area contributed by atoms with Crippen LogP contribution < -0.4 is 4.74 Å². The lowest BCUT2D eigenvalue weighted by Gasteiger charge is -2.41. The lowest BCUT2D eigenvalue weighted by molar-refractivity contribution is -0.147. The third-order valence-corrected chi connectivity index (χ3v) is 11.1. The first kappa shape index (κ1) is 29.5. The Labute approximate surface area is 245 Å². The number of nitrogens with zero attached hydrogens (tertiary/aromatic N) is 5. The third kappa shape index (κ3) is 5.12. The summed E-state index contributed by atoms with van der Waals surface area (Å²) >= 11 is 1.54. The van der Waals surface area contributed by atoms with Gasteiger partial charge in [-0.05, 0) is 69.9 Å². The maximum atomic E-state index is 12.6. The number of aromatic nitrogens is 4. The number of benzene rings is 1. The van der Waals surface area contributed by atoms with Gasteiger partial charge in [-0.1, -0.05) is 18.2 Å². The van der Waals surface area contributed by atoms with E-state index in [0.29, 0.717) is 25.3 Å². The lowest BCUT2D eigenvalue weighted by atomic mass is 9.72. The number of pyridine rings is 1. The molecule has 0 radical (unpaired) electrons. The van der Waals surface area contributed by atoms with Gasteiger partial charge in [0, 0.05) is 41.0 Å². The molecule has 0 aliphatic carbocycles. The molecule has 0 saturated carbocycles. The maximum absolute atomic E-state index is 12.6. The lowest BCUT2D eigenvalue weighted by Crippen LogP contribution is -2.34. The normalized spacial score (nSPS) is 18.9. The van der Waals surface area contributed by atoms with Crippen LogP contribution in [0.4, 0.5) is 0 Å². The molecule has 3 aromatic heterocycles. The van der Waals surface area contributed by atoms with Gasteiger partial charge in [0.15, 0.2) is 0 Å². The Morgan fingerprint density at radius 1 is 1.24 bits per heavy atom. The molecule has 3 N–H and O–H groups in total. The fraction of sp³-hybridized carbons (Fsp3) is 0.448. The minimum absolute atomic E-state index is 0.229. The molecule has 0 fully saturated rings. The molecule has 0 saturated heterocycles. The van der Waals surface area contributed by atoms with Gasteiger partial charge >= 0.3 is 5.97 Å². The number of hydrogen-bond donors (Lipinski definition) is 3. The summed E-state index contributed by atoms with van der Waals surface area (Å²) in [6.45, 7) is 12.8. The summed E-state index contributed by atoms with van der Waals surface area (Å²) in [5.74, 6) is -0.929. The van der Waals surface area contributed by atoms with E-state index < -0.39 is 28.1 Å². The van der Waals surface area contributed by atoms with Crippen LogP contribution in [0.3, 0.4) is 0 Å². The van der Waals surface area contributed by atoms with Crippen LogP contribution >= 0.6 is 22.1 Å². The zero-order valence-corrected chi connectivity index (χ0v) is 25.8. The Morgan fingerprint density at radius 2 is 2.00 bits per heavy atom. The van der Waals surface area contributed by atoms with Gasteiger partial charge in [0.05, 0.1) is 23.7 Å². The molecule has 10 nitrogen and oxygen atoms in total. The molecule has 0 bridgehead atoms. The van der Waals surface area contributed by atoms with Crippen LogP contribution in [-0.4, -0.2) is 57.1 Å². The van der Waals surface area contributed by atoms with E-state index in [0.717, 1.165) is 37.5 Å². The molecule has 12 heteroatoms. The Hall–Kier alpha value is -3.03. The van der Waals surface area contributed by atoms with Crippen molar-refractivity contribution < 1.29 is 23.7 Å². The molecule has 4 heterocycles. The quantitative estimate of drug-likeness (QED) is 0.208. The van der Waals surface area contributed by atoms with Crippen molar-refractivity contribution in [2.75, 3.05) is 6.54 Å². The van der Waals surface area contributed by atoms with Crippen molar-refractivity contribution in [1.29, 1.82) is 0 Å². The number of aryl methyl sites for hydroxylation is 3. The number of carbonyl (C=O) groups is 1. The zero-order valence-electron chi connectivity index (χ0n) is 24.2. The SMILES string of the molecule is CC[C@@H]1CN(Cc2cc(C(c3ccc4c(nnn4CC)c3C)C(C)(C)C(=O)O)sc2C)S(O)(O)c2cnccc2O1. The Kier molecular flexibility index (Phi) is 7.90. The Morgan fingerprint density at radius 3 is 2.68 bits per heavy atom. The van der Waals surface area contributed by atoms with Crippen LogP contribution in [0.1, 0.15) is 66.5 Å². The average Bonchev–Trinajstić information content (AvgIpc) is 3.49. The first-order valence-electron chi connectivity index (χ1n) is 13.7. The van der Waals surface area contributed by atoms with Gasteiger partial charge < -0.3 is 9.84 Å². The fourth-order valence-corrected chi connectivity index (χ4v) is 8.42. The molecule has 5 rings (SSSR count). The van der Waals surface area contributed by atoms with Crippen LogP contribution in [0.25, 0.3) is 11.0 Å². The summed E-state index contributed by atoms with van der Waals surface area (Å²) in [7, 11) is -3.37. The first-order valence-corrected chi connectivity index (χ1v) is 16.0. The van der Waals surface area contributed by atoms with Gasteiger partial charge in [0.1, 0.15) is 22.3 Å². The minimum atomic E-state index is -3.37. The van der Waals surface area contributed by atoms with E-state index in [1.54, 1.807) is 41.8 Å². The number of aliphatic carboxylic acids is 1. The topological polar surface area (TPSA) is 134 Å². The predicted octanol–water partition coefficient (Wildman–Crippen LogP) is 6.46. The molecule has 1 aromatic carbocycles. The molecule has 0 spiro atoms. The minimum Gasteiger partial charge on any atom is -0.487 e.